The van der Waals surface area contributed by atoms with Crippen LogP contribution in [-0.4, -0.2) is 32.9 Å². The Bertz CT molecular complexity index is 2030. The van der Waals surface area contributed by atoms with Gasteiger partial charge in [0.2, 0.25) is 0 Å². The van der Waals surface area contributed by atoms with E-state index in [1.165, 1.54) is 12.3 Å². The van der Waals surface area contributed by atoms with E-state index >= 15 is 0 Å². The largest absolute Gasteiger partial charge is 0.487 e. The van der Waals surface area contributed by atoms with Crippen LogP contribution in [0.3, 0.4) is 0 Å². The van der Waals surface area contributed by atoms with Gasteiger partial charge in [-0.15, -0.1) is 0 Å². The Balaban J connectivity index is 1.09. The summed E-state index contributed by atoms with van der Waals surface area (Å²) in [6, 6.07) is 37.1. The number of hydrogen-bond acceptors (Lipinski definition) is 7. The van der Waals surface area contributed by atoms with Crippen molar-refractivity contribution in [3.63, 3.8) is 0 Å². The highest BCUT2D eigenvalue weighted by molar-refractivity contribution is 5.85. The van der Waals surface area contributed by atoms with Crippen LogP contribution in [-0.2, 0) is 25.7 Å². The van der Waals surface area contributed by atoms with E-state index in [4.69, 9.17) is 15.2 Å². The highest BCUT2D eigenvalue weighted by atomic mass is 19.4. The number of nitrogen functional groups attached to an aromatic ring is 1. The Morgan fingerprint density at radius 2 is 1.45 bits per heavy atom. The smallest absolute Gasteiger partial charge is 0.416 e. The monoisotopic (exact) mass is 693 g/mol. The number of fused-ring (bicyclic) bond motifs is 1. The molecule has 0 bridgehead atoms. The molecule has 4 N–H and O–H groups in total. The van der Waals surface area contributed by atoms with Gasteiger partial charge in [-0.3, -0.25) is 9.88 Å². The molecule has 0 saturated carbocycles. The van der Waals surface area contributed by atoms with Gasteiger partial charge in [-0.25, -0.2) is 0 Å². The third-order valence-electron chi connectivity index (χ3n) is 8.59. The summed E-state index contributed by atoms with van der Waals surface area (Å²) in [6.45, 7) is 0.956. The maximum Gasteiger partial charge on any atom is 0.416 e. The predicted octanol–water partition coefficient (Wildman–Crippen LogP) is 8.69. The number of nitrogens with two attached hydrogens (primary N) is 1. The Morgan fingerprint density at radius 1 is 0.745 bits per heavy atom. The first-order valence-electron chi connectivity index (χ1n) is 16.6. The van der Waals surface area contributed by atoms with Crippen molar-refractivity contribution >= 4 is 16.6 Å². The molecule has 0 aliphatic heterocycles. The number of alkyl halides is 3. The molecule has 1 unspecified atom stereocenters. The standard InChI is InChI=1S/C41H38F3N3O4/c42-41(43,44)32-15-18-34-36(24-32)46-22-21-38(34)51-33-16-11-28(12-17-33)13-20-40(49)47(25-29-7-3-1-4-8-29)26-37(48)31-14-19-39(35(45)23-31)50-27-30-9-5-2-6-10-30/h1-12,14-19,21-24,37,40,48-49H,13,20,25-27,45H2/t37-,40?/m0/s1. The van der Waals surface area contributed by atoms with Crippen molar-refractivity contribution in [3.05, 3.63) is 161 Å². The van der Waals surface area contributed by atoms with Crippen molar-refractivity contribution in [1.29, 1.82) is 0 Å². The number of aromatic nitrogens is 1. The van der Waals surface area contributed by atoms with Crippen LogP contribution >= 0.6 is 0 Å². The summed E-state index contributed by atoms with van der Waals surface area (Å²) in [7, 11) is 0. The van der Waals surface area contributed by atoms with Gasteiger partial charge in [0.15, 0.2) is 0 Å². The van der Waals surface area contributed by atoms with E-state index in [0.29, 0.717) is 59.9 Å². The van der Waals surface area contributed by atoms with Crippen LogP contribution in [0.25, 0.3) is 10.9 Å². The molecule has 10 heteroatoms. The molecule has 1 heterocycles. The van der Waals surface area contributed by atoms with Crippen LogP contribution in [0.5, 0.6) is 17.2 Å². The summed E-state index contributed by atoms with van der Waals surface area (Å²) in [6.07, 6.45) is -3.90. The van der Waals surface area contributed by atoms with E-state index < -0.39 is 24.1 Å². The maximum atomic E-state index is 13.2. The molecule has 0 saturated heterocycles. The third kappa shape index (κ3) is 9.43. The number of aliphatic hydroxyl groups excluding tert-OH is 2. The van der Waals surface area contributed by atoms with E-state index in [-0.39, 0.29) is 12.1 Å². The highest BCUT2D eigenvalue weighted by Crippen LogP contribution is 2.35. The lowest BCUT2D eigenvalue weighted by Gasteiger charge is -2.30. The summed E-state index contributed by atoms with van der Waals surface area (Å²) < 4.78 is 51.4. The lowest BCUT2D eigenvalue weighted by atomic mass is 10.1. The minimum atomic E-state index is -4.46. The van der Waals surface area contributed by atoms with Crippen LogP contribution in [0.15, 0.2) is 134 Å². The fourth-order valence-corrected chi connectivity index (χ4v) is 5.79. The molecule has 262 valence electrons. The van der Waals surface area contributed by atoms with Crippen molar-refractivity contribution in [2.24, 2.45) is 0 Å². The van der Waals surface area contributed by atoms with Crippen molar-refractivity contribution in [2.45, 2.75) is 44.5 Å². The molecule has 0 aliphatic carbocycles. The zero-order valence-corrected chi connectivity index (χ0v) is 27.7. The molecule has 5 aromatic carbocycles. The minimum Gasteiger partial charge on any atom is -0.487 e. The van der Waals surface area contributed by atoms with Gasteiger partial charge >= 0.3 is 6.18 Å². The molecule has 7 nitrogen and oxygen atoms in total. The Kier molecular flexibility index (Phi) is 11.2. The van der Waals surface area contributed by atoms with Crippen LogP contribution in [0.1, 0.15) is 40.3 Å². The molecule has 51 heavy (non-hydrogen) atoms. The molecular weight excluding hydrogens is 655 g/mol. The van der Waals surface area contributed by atoms with Crippen molar-refractivity contribution in [3.8, 4) is 17.2 Å². The first kappa shape index (κ1) is 35.4. The number of nitrogens with zero attached hydrogens (tertiary/aromatic N) is 2. The van der Waals surface area contributed by atoms with Crippen molar-refractivity contribution in [1.82, 2.24) is 9.88 Å². The van der Waals surface area contributed by atoms with E-state index in [1.807, 2.05) is 77.7 Å². The molecular formula is C41H38F3N3O4. The van der Waals surface area contributed by atoms with Gasteiger partial charge in [-0.2, -0.15) is 13.2 Å². The topological polar surface area (TPSA) is 101 Å². The van der Waals surface area contributed by atoms with Gasteiger partial charge in [-0.1, -0.05) is 78.9 Å². The van der Waals surface area contributed by atoms with Crippen LogP contribution in [0.2, 0.25) is 0 Å². The molecule has 1 aromatic heterocycles. The zero-order valence-electron chi connectivity index (χ0n) is 27.7. The first-order chi connectivity index (χ1) is 24.6. The number of rotatable bonds is 14. The fraction of sp³-hybridized carbons (Fsp3) is 0.195. The summed E-state index contributed by atoms with van der Waals surface area (Å²) in [5.74, 6) is 1.43. The van der Waals surface area contributed by atoms with Crippen molar-refractivity contribution < 1.29 is 32.9 Å². The van der Waals surface area contributed by atoms with Crippen LogP contribution in [0, 0.1) is 0 Å². The summed E-state index contributed by atoms with van der Waals surface area (Å²) in [4.78, 5) is 5.92. The molecule has 6 rings (SSSR count). The second kappa shape index (κ2) is 16.1. The number of pyridine rings is 1. The fourth-order valence-electron chi connectivity index (χ4n) is 5.79. The Morgan fingerprint density at radius 3 is 2.14 bits per heavy atom. The maximum absolute atomic E-state index is 13.2. The number of benzene rings is 5. The normalized spacial score (nSPS) is 12.9. The number of aliphatic hydroxyl groups is 2. The van der Waals surface area contributed by atoms with E-state index in [2.05, 4.69) is 4.98 Å². The second-order valence-electron chi connectivity index (χ2n) is 12.3. The molecule has 0 radical (unpaired) electrons. The number of halogens is 3. The third-order valence-corrected chi connectivity index (χ3v) is 8.59. The molecule has 2 atom stereocenters. The van der Waals surface area contributed by atoms with E-state index in [0.717, 1.165) is 28.8 Å². The average molecular weight is 694 g/mol. The number of aryl methyl sites for hydroxylation is 1. The summed E-state index contributed by atoms with van der Waals surface area (Å²) >= 11 is 0. The minimum absolute atomic E-state index is 0.164. The van der Waals surface area contributed by atoms with Gasteiger partial charge in [0.25, 0.3) is 0 Å². The first-order valence-corrected chi connectivity index (χ1v) is 16.6. The van der Waals surface area contributed by atoms with E-state index in [9.17, 15) is 23.4 Å². The Hall–Kier alpha value is -5.42. The average Bonchev–Trinajstić information content (AvgIpc) is 3.14. The van der Waals surface area contributed by atoms with Crippen LogP contribution in [0.4, 0.5) is 18.9 Å². The molecule has 0 amide bonds. The highest BCUT2D eigenvalue weighted by Gasteiger charge is 2.30. The molecule has 0 aliphatic rings. The molecule has 0 fully saturated rings. The van der Waals surface area contributed by atoms with Gasteiger partial charge in [-0.05, 0) is 83.6 Å². The Labute approximate surface area is 294 Å². The quantitative estimate of drug-likeness (QED) is 0.0775. The van der Waals surface area contributed by atoms with Gasteiger partial charge < -0.3 is 25.4 Å². The number of ether oxygens (including phenoxy) is 2. The summed E-state index contributed by atoms with van der Waals surface area (Å²) in [5.41, 5.74) is 9.71. The molecule has 0 spiro atoms. The van der Waals surface area contributed by atoms with Gasteiger partial charge in [0.1, 0.15) is 30.1 Å². The summed E-state index contributed by atoms with van der Waals surface area (Å²) in [5, 5.41) is 23.1. The van der Waals surface area contributed by atoms with Gasteiger partial charge in [0, 0.05) is 24.7 Å². The number of anilines is 1. The predicted molar refractivity (Wildman–Crippen MR) is 191 cm³/mol. The van der Waals surface area contributed by atoms with E-state index in [1.54, 1.807) is 36.4 Å². The lowest BCUT2D eigenvalue weighted by molar-refractivity contribution is -0.137. The second-order valence-corrected chi connectivity index (χ2v) is 12.3. The van der Waals surface area contributed by atoms with Crippen LogP contribution < -0.4 is 15.2 Å². The lowest BCUT2D eigenvalue weighted by Crippen LogP contribution is -2.38. The molecule has 6 aromatic rings. The van der Waals surface area contributed by atoms with Gasteiger partial charge in [0.05, 0.1) is 22.9 Å². The van der Waals surface area contributed by atoms with Crippen molar-refractivity contribution in [2.75, 3.05) is 12.3 Å². The SMILES string of the molecule is Nc1cc([C@@H](O)CN(Cc2ccccc2)C(O)CCc2ccc(Oc3ccnc4cc(C(F)(F)F)ccc34)cc2)ccc1OCc1ccccc1. The number of hydrogen-bond donors (Lipinski definition) is 3. The zero-order chi connectivity index (χ0) is 35.8.